The van der Waals surface area contributed by atoms with Gasteiger partial charge in [-0.2, -0.15) is 0 Å². The van der Waals surface area contributed by atoms with Crippen molar-refractivity contribution in [2.75, 3.05) is 18.5 Å². The second-order valence-corrected chi connectivity index (χ2v) is 4.06. The molecule has 2 aromatic carbocycles. The highest BCUT2D eigenvalue weighted by Gasteiger charge is 2.07. The molecule has 0 unspecified atom stereocenters. The Morgan fingerprint density at radius 2 is 1.59 bits per heavy atom. The van der Waals surface area contributed by atoms with E-state index < -0.39 is 0 Å². The Labute approximate surface area is 103 Å². The van der Waals surface area contributed by atoms with Gasteiger partial charge in [0.05, 0.1) is 0 Å². The average Bonchev–Trinajstić information content (AvgIpc) is 2.40. The summed E-state index contributed by atoms with van der Waals surface area (Å²) in [5, 5.41) is 0. The molecule has 17 heavy (non-hydrogen) atoms. The third kappa shape index (κ3) is 2.66. The first kappa shape index (κ1) is 11.7. The van der Waals surface area contributed by atoms with Crippen LogP contribution in [0.1, 0.15) is 5.56 Å². The molecule has 0 fully saturated rings. The van der Waals surface area contributed by atoms with Gasteiger partial charge in [0.2, 0.25) is 0 Å². The first-order valence-electron chi connectivity index (χ1n) is 5.89. The third-order valence-electron chi connectivity index (χ3n) is 2.91. The third-order valence-corrected chi connectivity index (χ3v) is 2.91. The minimum absolute atomic E-state index is 0.680. The topological polar surface area (TPSA) is 29.3 Å². The highest BCUT2D eigenvalue weighted by Crippen LogP contribution is 2.26. The fourth-order valence-corrected chi connectivity index (χ4v) is 2.00. The van der Waals surface area contributed by atoms with Crippen LogP contribution >= 0.6 is 0 Å². The number of para-hydroxylation sites is 2. The van der Waals surface area contributed by atoms with Crippen LogP contribution in [0.25, 0.3) is 0 Å². The molecule has 0 heterocycles. The van der Waals surface area contributed by atoms with Crippen molar-refractivity contribution in [3.63, 3.8) is 0 Å². The van der Waals surface area contributed by atoms with Crippen LogP contribution in [0.2, 0.25) is 0 Å². The lowest BCUT2D eigenvalue weighted by molar-refractivity contribution is 0.961. The van der Waals surface area contributed by atoms with E-state index >= 15 is 0 Å². The Hall–Kier alpha value is -1.80. The maximum Gasteiger partial charge on any atom is 0.0441 e. The molecule has 0 radical (unpaired) electrons. The van der Waals surface area contributed by atoms with E-state index in [1.807, 2.05) is 6.07 Å². The molecular weight excluding hydrogens is 208 g/mol. The van der Waals surface area contributed by atoms with Gasteiger partial charge in [-0.3, -0.25) is 0 Å². The minimum atomic E-state index is 0.680. The maximum absolute atomic E-state index is 5.65. The van der Waals surface area contributed by atoms with Gasteiger partial charge < -0.3 is 10.6 Å². The lowest BCUT2D eigenvalue weighted by atomic mass is 10.1. The number of anilines is 2. The molecule has 0 bridgehead atoms. The SMILES string of the molecule is CN(c1ccccc1)c1ccccc1CCN. The first-order chi connectivity index (χ1) is 8.33. The fraction of sp³-hybridized carbons (Fsp3) is 0.200. The Morgan fingerprint density at radius 3 is 2.29 bits per heavy atom. The van der Waals surface area contributed by atoms with E-state index in [0.29, 0.717) is 6.54 Å². The number of rotatable bonds is 4. The molecule has 2 nitrogen and oxygen atoms in total. The summed E-state index contributed by atoms with van der Waals surface area (Å²) in [6.45, 7) is 0.680. The van der Waals surface area contributed by atoms with Crippen LogP contribution in [0.3, 0.4) is 0 Å². The van der Waals surface area contributed by atoms with Crippen molar-refractivity contribution < 1.29 is 0 Å². The van der Waals surface area contributed by atoms with Crippen LogP contribution in [-0.4, -0.2) is 13.6 Å². The van der Waals surface area contributed by atoms with E-state index in [1.165, 1.54) is 16.9 Å². The van der Waals surface area contributed by atoms with E-state index in [4.69, 9.17) is 5.73 Å². The predicted molar refractivity (Wildman–Crippen MR) is 73.7 cm³/mol. The van der Waals surface area contributed by atoms with Crippen molar-refractivity contribution in [3.05, 3.63) is 60.2 Å². The second-order valence-electron chi connectivity index (χ2n) is 4.06. The standard InChI is InChI=1S/C15H18N2/c1-17(14-8-3-2-4-9-14)15-10-6-5-7-13(15)11-12-16/h2-10H,11-12,16H2,1H3. The molecule has 0 atom stereocenters. The Morgan fingerprint density at radius 1 is 0.941 bits per heavy atom. The second kappa shape index (κ2) is 5.51. The average molecular weight is 226 g/mol. The van der Waals surface area contributed by atoms with Gasteiger partial charge in [-0.05, 0) is 36.7 Å². The van der Waals surface area contributed by atoms with Crippen molar-refractivity contribution in [1.82, 2.24) is 0 Å². The van der Waals surface area contributed by atoms with Gasteiger partial charge in [0.15, 0.2) is 0 Å². The molecule has 0 saturated heterocycles. The van der Waals surface area contributed by atoms with Crippen molar-refractivity contribution in [3.8, 4) is 0 Å². The van der Waals surface area contributed by atoms with E-state index in [1.54, 1.807) is 0 Å². The summed E-state index contributed by atoms with van der Waals surface area (Å²) in [6.07, 6.45) is 0.910. The number of benzene rings is 2. The number of hydrogen-bond acceptors (Lipinski definition) is 2. The molecule has 0 spiro atoms. The lowest BCUT2D eigenvalue weighted by Crippen LogP contribution is -2.13. The van der Waals surface area contributed by atoms with E-state index in [2.05, 4.69) is 60.5 Å². The summed E-state index contributed by atoms with van der Waals surface area (Å²) in [4.78, 5) is 2.20. The van der Waals surface area contributed by atoms with Crippen molar-refractivity contribution in [2.24, 2.45) is 5.73 Å². The summed E-state index contributed by atoms with van der Waals surface area (Å²) in [5.74, 6) is 0. The lowest BCUT2D eigenvalue weighted by Gasteiger charge is -2.22. The molecule has 88 valence electrons. The molecule has 2 heteroatoms. The smallest absolute Gasteiger partial charge is 0.0441 e. The van der Waals surface area contributed by atoms with Crippen LogP contribution in [-0.2, 0) is 6.42 Å². The number of hydrogen-bond donors (Lipinski definition) is 1. The van der Waals surface area contributed by atoms with E-state index in [9.17, 15) is 0 Å². The quantitative estimate of drug-likeness (QED) is 0.868. The molecule has 2 aromatic rings. The van der Waals surface area contributed by atoms with Crippen LogP contribution in [0.5, 0.6) is 0 Å². The highest BCUT2D eigenvalue weighted by atomic mass is 15.1. The van der Waals surface area contributed by atoms with Gasteiger partial charge in [0.25, 0.3) is 0 Å². The number of nitrogens with zero attached hydrogens (tertiary/aromatic N) is 1. The molecule has 0 aromatic heterocycles. The molecule has 0 aliphatic rings. The Bertz CT molecular complexity index is 465. The minimum Gasteiger partial charge on any atom is -0.344 e. The first-order valence-corrected chi connectivity index (χ1v) is 5.89. The molecule has 0 saturated carbocycles. The normalized spacial score (nSPS) is 10.2. The highest BCUT2D eigenvalue weighted by molar-refractivity contribution is 5.65. The van der Waals surface area contributed by atoms with Gasteiger partial charge >= 0.3 is 0 Å². The molecule has 2 rings (SSSR count). The molecular formula is C15H18N2. The van der Waals surface area contributed by atoms with Crippen molar-refractivity contribution in [1.29, 1.82) is 0 Å². The van der Waals surface area contributed by atoms with Crippen LogP contribution in [0.15, 0.2) is 54.6 Å². The molecule has 2 N–H and O–H groups in total. The zero-order valence-electron chi connectivity index (χ0n) is 10.1. The summed E-state index contributed by atoms with van der Waals surface area (Å²) in [7, 11) is 2.09. The van der Waals surface area contributed by atoms with Crippen LogP contribution in [0.4, 0.5) is 11.4 Å². The summed E-state index contributed by atoms with van der Waals surface area (Å²) < 4.78 is 0. The Kier molecular flexibility index (Phi) is 3.78. The summed E-state index contributed by atoms with van der Waals surface area (Å²) >= 11 is 0. The van der Waals surface area contributed by atoms with Gasteiger partial charge in [-0.15, -0.1) is 0 Å². The summed E-state index contributed by atoms with van der Waals surface area (Å²) in [6, 6.07) is 18.8. The summed E-state index contributed by atoms with van der Waals surface area (Å²) in [5.41, 5.74) is 9.36. The van der Waals surface area contributed by atoms with E-state index in [-0.39, 0.29) is 0 Å². The van der Waals surface area contributed by atoms with Gasteiger partial charge in [0, 0.05) is 18.4 Å². The number of nitrogens with two attached hydrogens (primary N) is 1. The fourth-order valence-electron chi connectivity index (χ4n) is 2.00. The molecule has 0 amide bonds. The molecule has 0 aliphatic carbocycles. The van der Waals surface area contributed by atoms with Crippen molar-refractivity contribution in [2.45, 2.75) is 6.42 Å². The zero-order valence-corrected chi connectivity index (χ0v) is 10.1. The van der Waals surface area contributed by atoms with Gasteiger partial charge in [0.1, 0.15) is 0 Å². The monoisotopic (exact) mass is 226 g/mol. The predicted octanol–water partition coefficient (Wildman–Crippen LogP) is 2.96. The maximum atomic E-state index is 5.65. The van der Waals surface area contributed by atoms with Crippen molar-refractivity contribution >= 4 is 11.4 Å². The van der Waals surface area contributed by atoms with Crippen LogP contribution < -0.4 is 10.6 Å². The van der Waals surface area contributed by atoms with E-state index in [0.717, 1.165) is 6.42 Å². The van der Waals surface area contributed by atoms with Crippen LogP contribution in [0, 0.1) is 0 Å². The Balaban J connectivity index is 2.33. The molecule has 0 aliphatic heterocycles. The van der Waals surface area contributed by atoms with Gasteiger partial charge in [-0.25, -0.2) is 0 Å². The zero-order chi connectivity index (χ0) is 12.1. The van der Waals surface area contributed by atoms with Gasteiger partial charge in [-0.1, -0.05) is 36.4 Å². The largest absolute Gasteiger partial charge is 0.344 e.